The van der Waals surface area contributed by atoms with Crippen molar-refractivity contribution in [2.45, 2.75) is 12.6 Å². The van der Waals surface area contributed by atoms with Crippen LogP contribution in [-0.4, -0.2) is 22.8 Å². The summed E-state index contributed by atoms with van der Waals surface area (Å²) < 4.78 is 55.7. The van der Waals surface area contributed by atoms with Gasteiger partial charge in [-0.25, -0.2) is 9.37 Å². The van der Waals surface area contributed by atoms with Gasteiger partial charge in [-0.1, -0.05) is 12.1 Å². The quantitative estimate of drug-likeness (QED) is 0.536. The third kappa shape index (κ3) is 2.79. The SMILES string of the molecule is Fc1cccc2c1nc(OCCC(F)(F)F)c1cccnc12. The van der Waals surface area contributed by atoms with E-state index in [1.165, 1.54) is 18.3 Å². The summed E-state index contributed by atoms with van der Waals surface area (Å²) in [5, 5.41) is 0.932. The lowest BCUT2D eigenvalue weighted by molar-refractivity contribution is -0.139. The minimum atomic E-state index is -4.32. The van der Waals surface area contributed by atoms with Crippen LogP contribution in [0.1, 0.15) is 6.42 Å². The zero-order chi connectivity index (χ0) is 15.7. The molecule has 0 N–H and O–H groups in total. The summed E-state index contributed by atoms with van der Waals surface area (Å²) in [7, 11) is 0. The molecule has 3 rings (SSSR count). The lowest BCUT2D eigenvalue weighted by Gasteiger charge is -2.11. The first-order valence-corrected chi connectivity index (χ1v) is 6.48. The highest BCUT2D eigenvalue weighted by molar-refractivity contribution is 6.05. The third-order valence-corrected chi connectivity index (χ3v) is 3.12. The first-order valence-electron chi connectivity index (χ1n) is 6.48. The fraction of sp³-hybridized carbons (Fsp3) is 0.200. The summed E-state index contributed by atoms with van der Waals surface area (Å²) in [6.07, 6.45) is -3.91. The molecule has 0 radical (unpaired) electrons. The molecule has 0 amide bonds. The number of para-hydroxylation sites is 1. The van der Waals surface area contributed by atoms with E-state index in [1.54, 1.807) is 18.2 Å². The number of nitrogens with zero attached hydrogens (tertiary/aromatic N) is 2. The van der Waals surface area contributed by atoms with Crippen LogP contribution in [0.2, 0.25) is 0 Å². The average molecular weight is 310 g/mol. The summed E-state index contributed by atoms with van der Waals surface area (Å²) in [5.74, 6) is -0.629. The maximum absolute atomic E-state index is 13.9. The number of hydrogen-bond donors (Lipinski definition) is 0. The number of pyridine rings is 2. The van der Waals surface area contributed by atoms with Gasteiger partial charge in [0.25, 0.3) is 0 Å². The predicted molar refractivity (Wildman–Crippen MR) is 73.2 cm³/mol. The highest BCUT2D eigenvalue weighted by Crippen LogP contribution is 2.30. The second kappa shape index (κ2) is 5.40. The van der Waals surface area contributed by atoms with Crippen LogP contribution in [0.3, 0.4) is 0 Å². The molecule has 3 nitrogen and oxygen atoms in total. The molecular formula is C15H10F4N2O. The van der Waals surface area contributed by atoms with Crippen LogP contribution in [0.15, 0.2) is 36.5 Å². The molecule has 0 bridgehead atoms. The molecule has 0 atom stereocenters. The lowest BCUT2D eigenvalue weighted by Crippen LogP contribution is -2.13. The van der Waals surface area contributed by atoms with Gasteiger partial charge >= 0.3 is 6.18 Å². The number of rotatable bonds is 3. The van der Waals surface area contributed by atoms with E-state index in [4.69, 9.17) is 4.74 Å². The molecule has 2 aromatic heterocycles. The fourth-order valence-electron chi connectivity index (χ4n) is 2.15. The van der Waals surface area contributed by atoms with Crippen molar-refractivity contribution in [3.63, 3.8) is 0 Å². The molecule has 7 heteroatoms. The molecule has 0 spiro atoms. The molecule has 0 aliphatic heterocycles. The van der Waals surface area contributed by atoms with Gasteiger partial charge in [0.15, 0.2) is 0 Å². The number of fused-ring (bicyclic) bond motifs is 3. The Bertz CT molecular complexity index is 833. The number of halogens is 4. The Labute approximate surface area is 122 Å². The van der Waals surface area contributed by atoms with Crippen LogP contribution < -0.4 is 4.74 Å². The molecule has 22 heavy (non-hydrogen) atoms. The predicted octanol–water partition coefficient (Wildman–Crippen LogP) is 4.25. The van der Waals surface area contributed by atoms with Crippen molar-refractivity contribution in [3.8, 4) is 5.88 Å². The Kier molecular flexibility index (Phi) is 3.56. The highest BCUT2D eigenvalue weighted by Gasteiger charge is 2.27. The van der Waals surface area contributed by atoms with Crippen LogP contribution in [0.4, 0.5) is 17.6 Å². The van der Waals surface area contributed by atoms with Crippen LogP contribution in [0.25, 0.3) is 21.8 Å². The Balaban J connectivity index is 2.09. The Morgan fingerprint density at radius 1 is 1.00 bits per heavy atom. The van der Waals surface area contributed by atoms with E-state index in [-0.39, 0.29) is 11.4 Å². The monoisotopic (exact) mass is 310 g/mol. The molecule has 0 aliphatic carbocycles. The number of aromatic nitrogens is 2. The van der Waals surface area contributed by atoms with Gasteiger partial charge in [0, 0.05) is 11.6 Å². The third-order valence-electron chi connectivity index (χ3n) is 3.12. The van der Waals surface area contributed by atoms with Crippen molar-refractivity contribution in [1.82, 2.24) is 9.97 Å². The molecule has 0 unspecified atom stereocenters. The second-order valence-corrected chi connectivity index (χ2v) is 4.67. The van der Waals surface area contributed by atoms with Gasteiger partial charge in [-0.15, -0.1) is 0 Å². The minimum absolute atomic E-state index is 0.0238. The average Bonchev–Trinajstić information content (AvgIpc) is 2.47. The van der Waals surface area contributed by atoms with Crippen molar-refractivity contribution >= 4 is 21.8 Å². The van der Waals surface area contributed by atoms with Crippen molar-refractivity contribution in [2.24, 2.45) is 0 Å². The topological polar surface area (TPSA) is 35.0 Å². The van der Waals surface area contributed by atoms with Gasteiger partial charge < -0.3 is 4.74 Å². The number of benzene rings is 1. The van der Waals surface area contributed by atoms with E-state index in [0.717, 1.165) is 0 Å². The first-order chi connectivity index (χ1) is 10.5. The van der Waals surface area contributed by atoms with Crippen LogP contribution in [0.5, 0.6) is 5.88 Å². The summed E-state index contributed by atoms with van der Waals surface area (Å²) in [5.41, 5.74) is 0.463. The van der Waals surface area contributed by atoms with Crippen molar-refractivity contribution in [3.05, 3.63) is 42.3 Å². The molecule has 2 heterocycles. The zero-order valence-corrected chi connectivity index (χ0v) is 11.2. The van der Waals surface area contributed by atoms with Crippen LogP contribution in [0, 0.1) is 5.82 Å². The second-order valence-electron chi connectivity index (χ2n) is 4.67. The largest absolute Gasteiger partial charge is 0.477 e. The Morgan fingerprint density at radius 3 is 2.55 bits per heavy atom. The lowest BCUT2D eigenvalue weighted by atomic mass is 10.1. The molecule has 0 aliphatic rings. The van der Waals surface area contributed by atoms with Crippen molar-refractivity contribution in [2.75, 3.05) is 6.61 Å². The number of ether oxygens (including phenoxy) is 1. The molecule has 0 fully saturated rings. The maximum atomic E-state index is 13.9. The summed E-state index contributed by atoms with van der Waals surface area (Å²) >= 11 is 0. The van der Waals surface area contributed by atoms with E-state index < -0.39 is 25.0 Å². The smallest absolute Gasteiger partial charge is 0.392 e. The maximum Gasteiger partial charge on any atom is 0.392 e. The number of alkyl halides is 3. The van der Waals surface area contributed by atoms with E-state index in [2.05, 4.69) is 9.97 Å². The highest BCUT2D eigenvalue weighted by atomic mass is 19.4. The molecular weight excluding hydrogens is 300 g/mol. The van der Waals surface area contributed by atoms with Crippen molar-refractivity contribution in [1.29, 1.82) is 0 Å². The molecule has 1 aromatic carbocycles. The van der Waals surface area contributed by atoms with E-state index in [0.29, 0.717) is 16.3 Å². The molecule has 3 aromatic rings. The Hall–Kier alpha value is -2.44. The normalized spacial score (nSPS) is 12.0. The van der Waals surface area contributed by atoms with Gasteiger partial charge in [-0.3, -0.25) is 4.98 Å². The van der Waals surface area contributed by atoms with Crippen LogP contribution >= 0.6 is 0 Å². The summed E-state index contributed by atoms with van der Waals surface area (Å²) in [4.78, 5) is 8.18. The van der Waals surface area contributed by atoms with Gasteiger partial charge in [0.05, 0.1) is 23.9 Å². The molecule has 0 saturated heterocycles. The van der Waals surface area contributed by atoms with E-state index in [9.17, 15) is 17.6 Å². The van der Waals surface area contributed by atoms with Gasteiger partial charge in [0.1, 0.15) is 11.3 Å². The number of hydrogen-bond acceptors (Lipinski definition) is 3. The van der Waals surface area contributed by atoms with Crippen LogP contribution in [-0.2, 0) is 0 Å². The van der Waals surface area contributed by atoms with Gasteiger partial charge in [0.2, 0.25) is 5.88 Å². The van der Waals surface area contributed by atoms with Crippen molar-refractivity contribution < 1.29 is 22.3 Å². The standard InChI is InChI=1S/C15H10F4N2O/c16-11-5-1-3-9-12-10(4-2-7-20-12)14(21-13(9)11)22-8-6-15(17,18)19/h1-5,7H,6,8H2. The fourth-order valence-corrected chi connectivity index (χ4v) is 2.15. The first kappa shape index (κ1) is 14.5. The molecule has 0 saturated carbocycles. The zero-order valence-electron chi connectivity index (χ0n) is 11.2. The van der Waals surface area contributed by atoms with E-state index in [1.807, 2.05) is 0 Å². The minimum Gasteiger partial charge on any atom is -0.477 e. The van der Waals surface area contributed by atoms with E-state index >= 15 is 0 Å². The summed E-state index contributed by atoms with van der Waals surface area (Å²) in [6, 6.07) is 7.65. The Morgan fingerprint density at radius 2 is 1.77 bits per heavy atom. The summed E-state index contributed by atoms with van der Waals surface area (Å²) in [6.45, 7) is -0.583. The molecule has 114 valence electrons. The van der Waals surface area contributed by atoms with Gasteiger partial charge in [-0.2, -0.15) is 13.2 Å². The van der Waals surface area contributed by atoms with Gasteiger partial charge in [-0.05, 0) is 18.2 Å².